The average molecular weight is 227 g/mol. The molecule has 86 valence electrons. The summed E-state index contributed by atoms with van der Waals surface area (Å²) in [7, 11) is -0.900. The van der Waals surface area contributed by atoms with Gasteiger partial charge in [0.15, 0.2) is 5.96 Å². The molecule has 0 rings (SSSR count). The van der Waals surface area contributed by atoms with Gasteiger partial charge >= 0.3 is 10.4 Å². The van der Waals surface area contributed by atoms with E-state index in [-0.39, 0.29) is 0 Å². The second-order valence-corrected chi connectivity index (χ2v) is 3.48. The summed E-state index contributed by atoms with van der Waals surface area (Å²) in [4.78, 5) is 5.86. The van der Waals surface area contributed by atoms with E-state index >= 15 is 0 Å². The van der Waals surface area contributed by atoms with Crippen molar-refractivity contribution in [2.75, 3.05) is 20.6 Å². The Hall–Kier alpha value is -0.860. The fourth-order valence-corrected chi connectivity index (χ4v) is 0.368. The highest BCUT2D eigenvalue weighted by atomic mass is 32.3. The molecule has 8 heteroatoms. The molecule has 0 aliphatic rings. The molecule has 7 nitrogen and oxygen atoms in total. The molecule has 0 aliphatic carbocycles. The number of nitrogens with zero attached hydrogens (tertiary/aromatic N) is 2. The molecule has 0 aromatic heterocycles. The summed E-state index contributed by atoms with van der Waals surface area (Å²) in [6, 6.07) is 0. The third-order valence-electron chi connectivity index (χ3n) is 0.956. The van der Waals surface area contributed by atoms with E-state index in [1.165, 1.54) is 0 Å². The molecule has 0 aliphatic heterocycles. The van der Waals surface area contributed by atoms with Crippen LogP contribution in [0.3, 0.4) is 0 Å². The zero-order valence-electron chi connectivity index (χ0n) is 8.51. The molecule has 0 fully saturated rings. The SMILES string of the molecule is CCCN=C(N)N(C)C.O=S(=O)(O)O. The van der Waals surface area contributed by atoms with Gasteiger partial charge in [0.1, 0.15) is 0 Å². The van der Waals surface area contributed by atoms with Gasteiger partial charge in [-0.25, -0.2) is 0 Å². The van der Waals surface area contributed by atoms with Crippen LogP contribution in [0.4, 0.5) is 0 Å². The molecule has 0 saturated carbocycles. The lowest BCUT2D eigenvalue weighted by Gasteiger charge is -2.09. The second kappa shape index (κ2) is 7.54. The van der Waals surface area contributed by atoms with Crippen molar-refractivity contribution in [2.24, 2.45) is 10.7 Å². The Balaban J connectivity index is 0. The summed E-state index contributed by atoms with van der Waals surface area (Å²) in [5.74, 6) is 0.608. The van der Waals surface area contributed by atoms with Crippen LogP contribution in [0.5, 0.6) is 0 Å². The number of aliphatic imine (C=N–C) groups is 1. The van der Waals surface area contributed by atoms with Crippen molar-refractivity contribution < 1.29 is 17.5 Å². The van der Waals surface area contributed by atoms with Crippen LogP contribution in [0.25, 0.3) is 0 Å². The Morgan fingerprint density at radius 2 is 1.79 bits per heavy atom. The molecular weight excluding hydrogens is 210 g/mol. The normalized spacial score (nSPS) is 11.6. The minimum absolute atomic E-state index is 0.608. The zero-order chi connectivity index (χ0) is 11.8. The predicted octanol–water partition coefficient (Wildman–Crippen LogP) is -0.380. The highest BCUT2D eigenvalue weighted by Gasteiger charge is 1.89. The lowest BCUT2D eigenvalue weighted by molar-refractivity contribution is 0.381. The van der Waals surface area contributed by atoms with Crippen LogP contribution in [-0.2, 0) is 10.4 Å². The van der Waals surface area contributed by atoms with Crippen molar-refractivity contribution in [2.45, 2.75) is 13.3 Å². The largest absolute Gasteiger partial charge is 0.394 e. The number of guanidine groups is 1. The first-order valence-electron chi connectivity index (χ1n) is 3.85. The van der Waals surface area contributed by atoms with Gasteiger partial charge in [0.2, 0.25) is 0 Å². The fraction of sp³-hybridized carbons (Fsp3) is 0.833. The van der Waals surface area contributed by atoms with E-state index in [1.807, 2.05) is 14.1 Å². The number of nitrogens with two attached hydrogens (primary N) is 1. The Morgan fingerprint density at radius 1 is 1.43 bits per heavy atom. The fourth-order valence-electron chi connectivity index (χ4n) is 0.368. The van der Waals surface area contributed by atoms with Gasteiger partial charge in [0.25, 0.3) is 0 Å². The molecule has 4 N–H and O–H groups in total. The maximum absolute atomic E-state index is 8.74. The standard InChI is InChI=1S/C6H15N3.H2O4S/c1-4-5-8-6(7)9(2)3;1-5(2,3)4/h4-5H2,1-3H3,(H2,7,8);(H2,1,2,3,4). The van der Waals surface area contributed by atoms with Gasteiger partial charge in [0.05, 0.1) is 0 Å². The molecular formula is C6H17N3O4S. The van der Waals surface area contributed by atoms with Crippen LogP contribution >= 0.6 is 0 Å². The third-order valence-corrected chi connectivity index (χ3v) is 0.956. The Labute approximate surface area is 84.2 Å². The summed E-state index contributed by atoms with van der Waals surface area (Å²) in [5.41, 5.74) is 5.48. The molecule has 0 atom stereocenters. The van der Waals surface area contributed by atoms with Gasteiger partial charge in [-0.15, -0.1) is 0 Å². The van der Waals surface area contributed by atoms with Crippen molar-refractivity contribution >= 4 is 16.4 Å². The third kappa shape index (κ3) is 22.5. The quantitative estimate of drug-likeness (QED) is 0.336. The lowest BCUT2D eigenvalue weighted by atomic mass is 10.5. The van der Waals surface area contributed by atoms with Crippen LogP contribution in [0.1, 0.15) is 13.3 Å². The lowest BCUT2D eigenvalue weighted by Crippen LogP contribution is -2.30. The maximum atomic E-state index is 8.74. The van der Waals surface area contributed by atoms with Crippen LogP contribution in [-0.4, -0.2) is 49.0 Å². The van der Waals surface area contributed by atoms with Gasteiger partial charge < -0.3 is 10.6 Å². The minimum Gasteiger partial charge on any atom is -0.370 e. The summed E-state index contributed by atoms with van der Waals surface area (Å²) in [5, 5.41) is 0. The molecule has 0 unspecified atom stereocenters. The van der Waals surface area contributed by atoms with E-state index in [9.17, 15) is 0 Å². The van der Waals surface area contributed by atoms with Crippen molar-refractivity contribution in [1.82, 2.24) is 4.90 Å². The highest BCUT2D eigenvalue weighted by Crippen LogP contribution is 1.79. The first-order valence-corrected chi connectivity index (χ1v) is 5.25. The molecule has 0 heterocycles. The zero-order valence-corrected chi connectivity index (χ0v) is 9.32. The van der Waals surface area contributed by atoms with Crippen LogP contribution in [0, 0.1) is 0 Å². The van der Waals surface area contributed by atoms with E-state index < -0.39 is 10.4 Å². The monoisotopic (exact) mass is 227 g/mol. The Bertz CT molecular complexity index is 252. The van der Waals surface area contributed by atoms with E-state index in [1.54, 1.807) is 4.90 Å². The number of hydrogen-bond donors (Lipinski definition) is 3. The predicted molar refractivity (Wildman–Crippen MR) is 54.6 cm³/mol. The Morgan fingerprint density at radius 3 is 2.00 bits per heavy atom. The van der Waals surface area contributed by atoms with Crippen molar-refractivity contribution in [1.29, 1.82) is 0 Å². The summed E-state index contributed by atoms with van der Waals surface area (Å²) in [6.07, 6.45) is 1.05. The molecule has 0 radical (unpaired) electrons. The summed E-state index contributed by atoms with van der Waals surface area (Å²) < 4.78 is 31.6. The molecule has 0 spiro atoms. The van der Waals surface area contributed by atoms with Crippen molar-refractivity contribution in [3.05, 3.63) is 0 Å². The van der Waals surface area contributed by atoms with Crippen LogP contribution in [0.2, 0.25) is 0 Å². The van der Waals surface area contributed by atoms with E-state index in [0.29, 0.717) is 5.96 Å². The topological polar surface area (TPSA) is 116 Å². The summed E-state index contributed by atoms with van der Waals surface area (Å²) >= 11 is 0. The molecule has 0 aromatic carbocycles. The Kier molecular flexibility index (Phi) is 8.40. The first kappa shape index (κ1) is 15.6. The van der Waals surface area contributed by atoms with E-state index in [0.717, 1.165) is 13.0 Å². The molecule has 0 bridgehead atoms. The first-order chi connectivity index (χ1) is 6.18. The molecule has 0 saturated heterocycles. The molecule has 14 heavy (non-hydrogen) atoms. The van der Waals surface area contributed by atoms with E-state index in [2.05, 4.69) is 11.9 Å². The second-order valence-electron chi connectivity index (χ2n) is 2.58. The number of hydrogen-bond acceptors (Lipinski definition) is 3. The van der Waals surface area contributed by atoms with Crippen molar-refractivity contribution in [3.63, 3.8) is 0 Å². The van der Waals surface area contributed by atoms with Gasteiger partial charge in [-0.05, 0) is 6.42 Å². The van der Waals surface area contributed by atoms with Crippen LogP contribution < -0.4 is 5.73 Å². The number of rotatable bonds is 2. The van der Waals surface area contributed by atoms with Gasteiger partial charge in [-0.1, -0.05) is 6.92 Å². The van der Waals surface area contributed by atoms with Crippen LogP contribution in [0.15, 0.2) is 4.99 Å². The smallest absolute Gasteiger partial charge is 0.370 e. The minimum atomic E-state index is -4.67. The highest BCUT2D eigenvalue weighted by molar-refractivity contribution is 7.79. The average Bonchev–Trinajstić information content (AvgIpc) is 1.96. The maximum Gasteiger partial charge on any atom is 0.394 e. The summed E-state index contributed by atoms with van der Waals surface area (Å²) in [6.45, 7) is 2.90. The molecule has 0 aromatic rings. The van der Waals surface area contributed by atoms with Gasteiger partial charge in [0, 0.05) is 20.6 Å². The van der Waals surface area contributed by atoms with Gasteiger partial charge in [-0.2, -0.15) is 8.42 Å². The van der Waals surface area contributed by atoms with Crippen molar-refractivity contribution in [3.8, 4) is 0 Å². The van der Waals surface area contributed by atoms with Gasteiger partial charge in [-0.3, -0.25) is 14.1 Å². The van der Waals surface area contributed by atoms with E-state index in [4.69, 9.17) is 23.3 Å². The molecule has 0 amide bonds.